The molecule has 0 fully saturated rings. The summed E-state index contributed by atoms with van der Waals surface area (Å²) >= 11 is 1.72. The van der Waals surface area contributed by atoms with Crippen LogP contribution < -0.4 is 10.6 Å². The van der Waals surface area contributed by atoms with E-state index in [1.165, 1.54) is 5.01 Å². The summed E-state index contributed by atoms with van der Waals surface area (Å²) < 4.78 is 0. The summed E-state index contributed by atoms with van der Waals surface area (Å²) in [4.78, 5) is 22.6. The third-order valence-corrected chi connectivity index (χ3v) is 4.92. The van der Waals surface area contributed by atoms with E-state index in [0.717, 1.165) is 43.1 Å². The van der Waals surface area contributed by atoms with Gasteiger partial charge in [0.1, 0.15) is 0 Å². The number of halogens is 1. The first-order valence-electron chi connectivity index (χ1n) is 9.23. The van der Waals surface area contributed by atoms with Gasteiger partial charge in [0.15, 0.2) is 5.96 Å². The lowest BCUT2D eigenvalue weighted by atomic mass is 10.1. The van der Waals surface area contributed by atoms with Gasteiger partial charge in [-0.1, -0.05) is 12.1 Å². The molecular weight excluding hydrogens is 485 g/mol. The Morgan fingerprint density at radius 1 is 1.21 bits per heavy atom. The van der Waals surface area contributed by atoms with Crippen molar-refractivity contribution in [2.24, 2.45) is 4.99 Å². The van der Waals surface area contributed by atoms with E-state index < -0.39 is 0 Å². The molecule has 2 N–H and O–H groups in total. The highest BCUT2D eigenvalue weighted by molar-refractivity contribution is 14.0. The normalized spacial score (nSPS) is 10.9. The van der Waals surface area contributed by atoms with Crippen molar-refractivity contribution in [1.29, 1.82) is 0 Å². The topological polar surface area (TPSA) is 69.6 Å². The Morgan fingerprint density at radius 2 is 1.93 bits per heavy atom. The predicted molar refractivity (Wildman–Crippen MR) is 128 cm³/mol. The van der Waals surface area contributed by atoms with Gasteiger partial charge in [0.25, 0.3) is 5.91 Å². The SMILES string of the molecule is CCNC(=NCc1ccc(C(=O)N(C)C)cc1)NCCCc1nc(C)cs1.I. The summed E-state index contributed by atoms with van der Waals surface area (Å²) in [5.74, 6) is 0.816. The third-order valence-electron chi connectivity index (χ3n) is 3.90. The second-order valence-electron chi connectivity index (χ2n) is 6.50. The van der Waals surface area contributed by atoms with Gasteiger partial charge in [-0.2, -0.15) is 0 Å². The fourth-order valence-corrected chi connectivity index (χ4v) is 3.31. The molecule has 1 amide bonds. The Morgan fingerprint density at radius 3 is 2.50 bits per heavy atom. The molecule has 154 valence electrons. The predicted octanol–water partition coefficient (Wildman–Crippen LogP) is 3.46. The molecule has 6 nitrogen and oxygen atoms in total. The molecule has 1 aromatic carbocycles. The molecule has 2 rings (SSSR count). The number of nitrogens with zero attached hydrogens (tertiary/aromatic N) is 3. The Kier molecular flexibility index (Phi) is 11.1. The maximum absolute atomic E-state index is 11.9. The van der Waals surface area contributed by atoms with Crippen molar-refractivity contribution in [3.8, 4) is 0 Å². The molecule has 0 aliphatic heterocycles. The summed E-state index contributed by atoms with van der Waals surface area (Å²) in [5, 5.41) is 9.91. The number of benzene rings is 1. The molecule has 0 aliphatic carbocycles. The smallest absolute Gasteiger partial charge is 0.253 e. The maximum Gasteiger partial charge on any atom is 0.253 e. The van der Waals surface area contributed by atoms with Crippen molar-refractivity contribution >= 4 is 47.2 Å². The molecule has 0 saturated carbocycles. The number of hydrogen-bond acceptors (Lipinski definition) is 4. The van der Waals surface area contributed by atoms with Gasteiger partial charge in [0.2, 0.25) is 0 Å². The van der Waals surface area contributed by atoms with Gasteiger partial charge in [-0.3, -0.25) is 4.79 Å². The maximum atomic E-state index is 11.9. The van der Waals surface area contributed by atoms with E-state index in [4.69, 9.17) is 0 Å². The van der Waals surface area contributed by atoms with Crippen molar-refractivity contribution in [2.45, 2.75) is 33.2 Å². The zero-order chi connectivity index (χ0) is 19.6. The summed E-state index contributed by atoms with van der Waals surface area (Å²) in [6.07, 6.45) is 1.99. The largest absolute Gasteiger partial charge is 0.357 e. The molecule has 8 heteroatoms. The molecule has 28 heavy (non-hydrogen) atoms. The van der Waals surface area contributed by atoms with Gasteiger partial charge in [0.05, 0.1) is 11.6 Å². The van der Waals surface area contributed by atoms with E-state index >= 15 is 0 Å². The van der Waals surface area contributed by atoms with Crippen LogP contribution in [0.3, 0.4) is 0 Å². The van der Waals surface area contributed by atoms with Crippen LogP contribution in [0.5, 0.6) is 0 Å². The van der Waals surface area contributed by atoms with Crippen LogP contribution in [0.25, 0.3) is 0 Å². The first-order chi connectivity index (χ1) is 13.0. The zero-order valence-corrected chi connectivity index (χ0v) is 20.1. The van der Waals surface area contributed by atoms with Gasteiger partial charge in [-0.25, -0.2) is 9.98 Å². The summed E-state index contributed by atoms with van der Waals surface area (Å²) in [6.45, 7) is 6.31. The molecule has 2 aromatic rings. The molecular formula is C20H30IN5OS. The quantitative estimate of drug-likeness (QED) is 0.245. The minimum atomic E-state index is 0. The molecule has 0 radical (unpaired) electrons. The Bertz CT molecular complexity index is 758. The number of nitrogens with one attached hydrogen (secondary N) is 2. The number of aryl methyl sites for hydroxylation is 2. The third kappa shape index (κ3) is 8.14. The first-order valence-corrected chi connectivity index (χ1v) is 10.1. The highest BCUT2D eigenvalue weighted by atomic mass is 127. The van der Waals surface area contributed by atoms with E-state index in [0.29, 0.717) is 12.1 Å². The lowest BCUT2D eigenvalue weighted by Gasteiger charge is -2.12. The highest BCUT2D eigenvalue weighted by Crippen LogP contribution is 2.10. The van der Waals surface area contributed by atoms with Crippen molar-refractivity contribution < 1.29 is 4.79 Å². The van der Waals surface area contributed by atoms with Crippen LogP contribution >= 0.6 is 35.3 Å². The number of amides is 1. The number of aromatic nitrogens is 1. The molecule has 0 aliphatic rings. The van der Waals surface area contributed by atoms with Crippen molar-refractivity contribution in [2.75, 3.05) is 27.2 Å². The fraction of sp³-hybridized carbons (Fsp3) is 0.450. The molecule has 0 spiro atoms. The number of rotatable bonds is 8. The van der Waals surface area contributed by atoms with Gasteiger partial charge >= 0.3 is 0 Å². The Labute approximate surface area is 188 Å². The number of aliphatic imine (C=N–C) groups is 1. The van der Waals surface area contributed by atoms with Crippen LogP contribution in [0, 0.1) is 6.92 Å². The Hall–Kier alpha value is -1.68. The molecule has 1 heterocycles. The lowest BCUT2D eigenvalue weighted by molar-refractivity contribution is 0.0827. The van der Waals surface area contributed by atoms with Crippen LogP contribution in [-0.4, -0.2) is 48.9 Å². The number of hydrogen-bond donors (Lipinski definition) is 2. The fourth-order valence-electron chi connectivity index (χ4n) is 2.49. The van der Waals surface area contributed by atoms with Crippen molar-refractivity contribution in [3.05, 3.63) is 51.5 Å². The van der Waals surface area contributed by atoms with Crippen molar-refractivity contribution in [3.63, 3.8) is 0 Å². The summed E-state index contributed by atoms with van der Waals surface area (Å²) in [5.41, 5.74) is 2.85. The number of thiazole rings is 1. The first kappa shape index (κ1) is 24.4. The van der Waals surface area contributed by atoms with Crippen LogP contribution in [-0.2, 0) is 13.0 Å². The lowest BCUT2D eigenvalue weighted by Crippen LogP contribution is -2.37. The number of carbonyl (C=O) groups excluding carboxylic acids is 1. The van der Waals surface area contributed by atoms with Crippen molar-refractivity contribution in [1.82, 2.24) is 20.5 Å². The van der Waals surface area contributed by atoms with Gasteiger partial charge in [-0.15, -0.1) is 35.3 Å². The van der Waals surface area contributed by atoms with Gasteiger partial charge in [0, 0.05) is 50.2 Å². The molecule has 0 atom stereocenters. The van der Waals surface area contributed by atoms with Crippen LogP contribution in [0.15, 0.2) is 34.6 Å². The van der Waals surface area contributed by atoms with E-state index in [9.17, 15) is 4.79 Å². The average molecular weight is 515 g/mol. The average Bonchev–Trinajstić information content (AvgIpc) is 3.08. The molecule has 0 saturated heterocycles. The summed E-state index contributed by atoms with van der Waals surface area (Å²) in [6, 6.07) is 7.61. The van der Waals surface area contributed by atoms with E-state index in [1.807, 2.05) is 31.2 Å². The monoisotopic (exact) mass is 515 g/mol. The van der Waals surface area contributed by atoms with Gasteiger partial charge in [-0.05, 0) is 38.0 Å². The standard InChI is InChI=1S/C20H29N5OS.HI/c1-5-21-20(22-12-6-7-18-24-15(2)14-27-18)23-13-16-8-10-17(11-9-16)19(26)25(3)4;/h8-11,14H,5-7,12-13H2,1-4H3,(H2,21,22,23);1H. The molecule has 0 bridgehead atoms. The minimum Gasteiger partial charge on any atom is -0.357 e. The molecule has 1 aromatic heterocycles. The van der Waals surface area contributed by atoms with Gasteiger partial charge < -0.3 is 15.5 Å². The van der Waals surface area contributed by atoms with Crippen LogP contribution in [0.1, 0.15) is 40.0 Å². The number of carbonyl (C=O) groups is 1. The van der Waals surface area contributed by atoms with Crippen LogP contribution in [0.4, 0.5) is 0 Å². The molecule has 0 unspecified atom stereocenters. The van der Waals surface area contributed by atoms with E-state index in [1.54, 1.807) is 30.3 Å². The van der Waals surface area contributed by atoms with E-state index in [-0.39, 0.29) is 29.9 Å². The zero-order valence-electron chi connectivity index (χ0n) is 17.0. The Balaban J connectivity index is 0.00000392. The van der Waals surface area contributed by atoms with Crippen LogP contribution in [0.2, 0.25) is 0 Å². The number of guanidine groups is 1. The second kappa shape index (κ2) is 12.7. The van der Waals surface area contributed by atoms with E-state index in [2.05, 4.69) is 32.9 Å². The second-order valence-corrected chi connectivity index (χ2v) is 7.45. The summed E-state index contributed by atoms with van der Waals surface area (Å²) in [7, 11) is 3.51. The minimum absolute atomic E-state index is 0. The highest BCUT2D eigenvalue weighted by Gasteiger charge is 2.07.